The molecule has 0 aliphatic rings. The van der Waals surface area contributed by atoms with E-state index in [4.69, 9.17) is 4.74 Å². The highest BCUT2D eigenvalue weighted by molar-refractivity contribution is 5.98. The minimum Gasteiger partial charge on any atom is -0.494 e. The molecule has 104 valence electrons. The summed E-state index contributed by atoms with van der Waals surface area (Å²) in [5.74, 6) is -0.922. The zero-order valence-corrected chi connectivity index (χ0v) is 11.2. The molecule has 2 nitrogen and oxygen atoms in total. The largest absolute Gasteiger partial charge is 0.494 e. The number of benzene rings is 2. The number of carbonyl (C=O) groups is 1. The molecule has 0 heterocycles. The van der Waals surface area contributed by atoms with Crippen LogP contribution in [0.4, 0.5) is 8.78 Å². The van der Waals surface area contributed by atoms with Gasteiger partial charge >= 0.3 is 0 Å². The smallest absolute Gasteiger partial charge is 0.167 e. The highest BCUT2D eigenvalue weighted by Crippen LogP contribution is 2.19. The fourth-order valence-corrected chi connectivity index (χ4v) is 2.04. The third-order valence-electron chi connectivity index (χ3n) is 3.07. The lowest BCUT2D eigenvalue weighted by molar-refractivity contribution is 0.0992. The molecule has 0 amide bonds. The standard InChI is InChI=1S/C16H14F2O2/c1-10-7-12(17)4-5-13(10)15(19)9-11-3-6-16(20-2)14(18)8-11/h3-8H,9H2,1-2H3. The van der Waals surface area contributed by atoms with Gasteiger partial charge in [-0.25, -0.2) is 8.78 Å². The molecule has 0 saturated carbocycles. The summed E-state index contributed by atoms with van der Waals surface area (Å²) in [6, 6.07) is 8.40. The maximum absolute atomic E-state index is 13.5. The van der Waals surface area contributed by atoms with E-state index in [1.165, 1.54) is 37.4 Å². The lowest BCUT2D eigenvalue weighted by atomic mass is 9.99. The summed E-state index contributed by atoms with van der Waals surface area (Å²) in [7, 11) is 1.38. The first kappa shape index (κ1) is 14.2. The Morgan fingerprint density at radius 1 is 1.15 bits per heavy atom. The summed E-state index contributed by atoms with van der Waals surface area (Å²) in [6.45, 7) is 1.67. The molecule has 0 radical (unpaired) electrons. The van der Waals surface area contributed by atoms with Crippen LogP contribution in [0.15, 0.2) is 36.4 Å². The van der Waals surface area contributed by atoms with Gasteiger partial charge in [0, 0.05) is 12.0 Å². The molecule has 0 aliphatic carbocycles. The van der Waals surface area contributed by atoms with Crippen LogP contribution in [0.1, 0.15) is 21.5 Å². The van der Waals surface area contributed by atoms with Gasteiger partial charge in [0.2, 0.25) is 0 Å². The van der Waals surface area contributed by atoms with Crippen LogP contribution in [-0.4, -0.2) is 12.9 Å². The molecular formula is C16H14F2O2. The van der Waals surface area contributed by atoms with Crippen LogP contribution in [0.25, 0.3) is 0 Å². The number of aryl methyl sites for hydroxylation is 1. The Hall–Kier alpha value is -2.23. The molecule has 0 bridgehead atoms. The topological polar surface area (TPSA) is 26.3 Å². The predicted molar refractivity (Wildman–Crippen MR) is 72.1 cm³/mol. The van der Waals surface area contributed by atoms with Crippen molar-refractivity contribution < 1.29 is 18.3 Å². The number of hydrogen-bond acceptors (Lipinski definition) is 2. The maximum Gasteiger partial charge on any atom is 0.167 e. The van der Waals surface area contributed by atoms with Crippen molar-refractivity contribution in [1.29, 1.82) is 0 Å². The third-order valence-corrected chi connectivity index (χ3v) is 3.07. The highest BCUT2D eigenvalue weighted by Gasteiger charge is 2.12. The number of ether oxygens (including phenoxy) is 1. The van der Waals surface area contributed by atoms with E-state index in [2.05, 4.69) is 0 Å². The average molecular weight is 276 g/mol. The monoisotopic (exact) mass is 276 g/mol. The number of hydrogen-bond donors (Lipinski definition) is 0. The van der Waals surface area contributed by atoms with Gasteiger partial charge in [-0.1, -0.05) is 6.07 Å². The molecule has 0 fully saturated rings. The number of methoxy groups -OCH3 is 1. The lowest BCUT2D eigenvalue weighted by Crippen LogP contribution is -2.06. The van der Waals surface area contributed by atoms with Crippen molar-refractivity contribution in [3.8, 4) is 5.75 Å². The molecule has 0 spiro atoms. The molecule has 0 saturated heterocycles. The average Bonchev–Trinajstić information content (AvgIpc) is 2.38. The Morgan fingerprint density at radius 3 is 2.50 bits per heavy atom. The van der Waals surface area contributed by atoms with Gasteiger partial charge in [0.25, 0.3) is 0 Å². The molecule has 4 heteroatoms. The number of ketones is 1. The Labute approximate surface area is 116 Å². The van der Waals surface area contributed by atoms with E-state index in [9.17, 15) is 13.6 Å². The van der Waals surface area contributed by atoms with Crippen LogP contribution in [0, 0.1) is 18.6 Å². The summed E-state index contributed by atoms with van der Waals surface area (Å²) < 4.78 is 31.4. The summed E-state index contributed by atoms with van der Waals surface area (Å²) >= 11 is 0. The van der Waals surface area contributed by atoms with Crippen molar-refractivity contribution in [2.24, 2.45) is 0 Å². The second-order valence-corrected chi connectivity index (χ2v) is 4.53. The molecule has 0 N–H and O–H groups in total. The van der Waals surface area contributed by atoms with Gasteiger partial charge in [-0.3, -0.25) is 4.79 Å². The van der Waals surface area contributed by atoms with Crippen molar-refractivity contribution in [1.82, 2.24) is 0 Å². The first-order valence-electron chi connectivity index (χ1n) is 6.13. The normalized spacial score (nSPS) is 10.4. The molecule has 2 aromatic rings. The van der Waals surface area contributed by atoms with E-state index in [1.54, 1.807) is 13.0 Å². The van der Waals surface area contributed by atoms with Crippen molar-refractivity contribution in [2.75, 3.05) is 7.11 Å². The fourth-order valence-electron chi connectivity index (χ4n) is 2.04. The minimum absolute atomic E-state index is 0.0629. The zero-order chi connectivity index (χ0) is 14.7. The summed E-state index contributed by atoms with van der Waals surface area (Å²) in [6.07, 6.45) is 0.0629. The number of halogens is 2. The molecule has 0 aliphatic heterocycles. The SMILES string of the molecule is COc1ccc(CC(=O)c2ccc(F)cc2C)cc1F. The Bertz CT molecular complexity index is 651. The van der Waals surface area contributed by atoms with Crippen LogP contribution in [0.2, 0.25) is 0 Å². The lowest BCUT2D eigenvalue weighted by Gasteiger charge is -2.07. The van der Waals surface area contributed by atoms with Crippen LogP contribution >= 0.6 is 0 Å². The molecular weight excluding hydrogens is 262 g/mol. The number of carbonyl (C=O) groups excluding carboxylic acids is 1. The van der Waals surface area contributed by atoms with Crippen molar-refractivity contribution in [3.05, 3.63) is 64.7 Å². The quantitative estimate of drug-likeness (QED) is 0.796. The molecule has 20 heavy (non-hydrogen) atoms. The molecule has 0 atom stereocenters. The van der Waals surface area contributed by atoms with Crippen molar-refractivity contribution >= 4 is 5.78 Å². The summed E-state index contributed by atoms with van der Waals surface area (Å²) in [4.78, 5) is 12.1. The first-order chi connectivity index (χ1) is 9.51. The Morgan fingerprint density at radius 2 is 1.90 bits per heavy atom. The Kier molecular flexibility index (Phi) is 4.13. The van der Waals surface area contributed by atoms with Crippen LogP contribution < -0.4 is 4.74 Å². The maximum atomic E-state index is 13.5. The van der Waals surface area contributed by atoms with Gasteiger partial charge in [0.1, 0.15) is 5.82 Å². The molecule has 0 unspecified atom stereocenters. The molecule has 2 rings (SSSR count). The van der Waals surface area contributed by atoms with Crippen LogP contribution in [0.3, 0.4) is 0 Å². The molecule has 2 aromatic carbocycles. The van der Waals surface area contributed by atoms with Gasteiger partial charge in [-0.05, 0) is 48.4 Å². The third kappa shape index (κ3) is 3.02. The Balaban J connectivity index is 2.21. The van der Waals surface area contributed by atoms with Crippen LogP contribution in [0.5, 0.6) is 5.75 Å². The van der Waals surface area contributed by atoms with Crippen molar-refractivity contribution in [3.63, 3.8) is 0 Å². The molecule has 0 aromatic heterocycles. The van der Waals surface area contributed by atoms with Gasteiger partial charge in [0.15, 0.2) is 17.3 Å². The van der Waals surface area contributed by atoms with Gasteiger partial charge in [-0.15, -0.1) is 0 Å². The second kappa shape index (κ2) is 5.82. The van der Waals surface area contributed by atoms with Crippen LogP contribution in [-0.2, 0) is 6.42 Å². The van der Waals surface area contributed by atoms with E-state index in [-0.39, 0.29) is 23.8 Å². The van der Waals surface area contributed by atoms with E-state index in [1.807, 2.05) is 0 Å². The van der Waals surface area contributed by atoms with Gasteiger partial charge in [-0.2, -0.15) is 0 Å². The van der Waals surface area contributed by atoms with E-state index in [0.29, 0.717) is 16.7 Å². The first-order valence-corrected chi connectivity index (χ1v) is 6.13. The summed E-state index contributed by atoms with van der Waals surface area (Å²) in [5, 5.41) is 0. The van der Waals surface area contributed by atoms with Crippen molar-refractivity contribution in [2.45, 2.75) is 13.3 Å². The van der Waals surface area contributed by atoms with E-state index in [0.717, 1.165) is 0 Å². The number of rotatable bonds is 4. The second-order valence-electron chi connectivity index (χ2n) is 4.53. The minimum atomic E-state index is -0.506. The predicted octanol–water partition coefficient (Wildman–Crippen LogP) is 3.71. The van der Waals surface area contributed by atoms with E-state index < -0.39 is 5.82 Å². The number of Topliss-reactive ketones (excluding diaryl/α,β-unsaturated/α-hetero) is 1. The van der Waals surface area contributed by atoms with Gasteiger partial charge in [0.05, 0.1) is 7.11 Å². The fraction of sp³-hybridized carbons (Fsp3) is 0.188. The highest BCUT2D eigenvalue weighted by atomic mass is 19.1. The summed E-state index contributed by atoms with van der Waals surface area (Å²) in [5.41, 5.74) is 1.57. The van der Waals surface area contributed by atoms with Gasteiger partial charge < -0.3 is 4.74 Å². The van der Waals surface area contributed by atoms with E-state index >= 15 is 0 Å². The zero-order valence-electron chi connectivity index (χ0n) is 11.2.